The Kier molecular flexibility index (Phi) is 5.15. The number of hydrogen-bond donors (Lipinski definition) is 0. The van der Waals surface area contributed by atoms with Gasteiger partial charge in [-0.2, -0.15) is 4.98 Å². The molecule has 8 heteroatoms. The molecule has 0 fully saturated rings. The van der Waals surface area contributed by atoms with Gasteiger partial charge in [0.05, 0.1) is 23.1 Å². The molecule has 0 aliphatic heterocycles. The maximum absolute atomic E-state index is 13.3. The molecule has 0 bridgehead atoms. The van der Waals surface area contributed by atoms with Gasteiger partial charge in [0.15, 0.2) is 0 Å². The maximum atomic E-state index is 13.3. The highest BCUT2D eigenvalue weighted by atomic mass is 35.5. The molecule has 0 aliphatic carbocycles. The van der Waals surface area contributed by atoms with Crippen LogP contribution in [0.2, 0.25) is 5.02 Å². The van der Waals surface area contributed by atoms with Crippen LogP contribution in [-0.4, -0.2) is 19.7 Å². The average molecular weight is 463 g/mol. The fraction of sp³-hybridized carbons (Fsp3) is 0.167. The normalized spacial score (nSPS) is 11.4. The van der Waals surface area contributed by atoms with Gasteiger partial charge >= 0.3 is 0 Å². The van der Waals surface area contributed by atoms with Crippen molar-refractivity contribution in [3.8, 4) is 22.2 Å². The van der Waals surface area contributed by atoms with Gasteiger partial charge in [-0.15, -0.1) is 11.3 Å². The molecule has 0 unspecified atom stereocenters. The molecule has 3 aromatic heterocycles. The topological polar surface area (TPSA) is 73.8 Å². The third-order valence-corrected chi connectivity index (χ3v) is 6.93. The Hall–Kier alpha value is -3.29. The maximum Gasteiger partial charge on any atom is 0.268 e. The van der Waals surface area contributed by atoms with Gasteiger partial charge in [-0.05, 0) is 61.7 Å². The summed E-state index contributed by atoms with van der Waals surface area (Å²) < 4.78 is 7.17. The molecule has 0 radical (unpaired) electrons. The molecule has 3 heterocycles. The van der Waals surface area contributed by atoms with E-state index >= 15 is 0 Å². The highest BCUT2D eigenvalue weighted by Crippen LogP contribution is 2.35. The van der Waals surface area contributed by atoms with E-state index in [1.807, 2.05) is 32.9 Å². The standard InChI is InChI=1S/C24H19ClN4O2S/c1-13-4-5-14(2)17(10-13)11-29-12-26-23-19(24(29)30)15(3)20(32-23)22-27-21(28-31-22)16-6-8-18(25)9-7-16/h4-10,12H,11H2,1-3H3. The number of hydrogen-bond acceptors (Lipinski definition) is 6. The lowest BCUT2D eigenvalue weighted by molar-refractivity contribution is 0.433. The van der Waals surface area contributed by atoms with Gasteiger partial charge in [-0.25, -0.2) is 4.98 Å². The van der Waals surface area contributed by atoms with Crippen molar-refractivity contribution in [3.63, 3.8) is 0 Å². The predicted molar refractivity (Wildman–Crippen MR) is 127 cm³/mol. The monoisotopic (exact) mass is 462 g/mol. The van der Waals surface area contributed by atoms with Crippen LogP contribution in [0.5, 0.6) is 0 Å². The van der Waals surface area contributed by atoms with Gasteiger partial charge in [-0.1, -0.05) is 40.5 Å². The molecule has 6 nitrogen and oxygen atoms in total. The predicted octanol–water partition coefficient (Wildman–Crippen LogP) is 5.80. The van der Waals surface area contributed by atoms with E-state index in [9.17, 15) is 4.79 Å². The lowest BCUT2D eigenvalue weighted by Gasteiger charge is -2.09. The Bertz CT molecular complexity index is 1520. The number of rotatable bonds is 4. The number of nitrogens with zero attached hydrogens (tertiary/aromatic N) is 4. The zero-order valence-corrected chi connectivity index (χ0v) is 19.3. The summed E-state index contributed by atoms with van der Waals surface area (Å²) in [5.41, 5.74) is 4.93. The Labute approximate surface area is 193 Å². The number of aryl methyl sites for hydroxylation is 3. The molecular formula is C24H19ClN4O2S. The second-order valence-corrected chi connectivity index (χ2v) is 9.21. The van der Waals surface area contributed by atoms with Crippen LogP contribution in [0.4, 0.5) is 0 Å². The van der Waals surface area contributed by atoms with Crippen molar-refractivity contribution in [2.45, 2.75) is 27.3 Å². The molecule has 0 spiro atoms. The van der Waals surface area contributed by atoms with Crippen LogP contribution in [0.15, 0.2) is 58.1 Å². The third-order valence-electron chi connectivity index (χ3n) is 5.49. The number of halogens is 1. The van der Waals surface area contributed by atoms with Gasteiger partial charge < -0.3 is 4.52 Å². The van der Waals surface area contributed by atoms with Crippen LogP contribution in [0, 0.1) is 20.8 Å². The zero-order valence-electron chi connectivity index (χ0n) is 17.7. The van der Waals surface area contributed by atoms with Crippen molar-refractivity contribution in [2.24, 2.45) is 0 Å². The molecule has 160 valence electrons. The lowest BCUT2D eigenvalue weighted by Crippen LogP contribution is -2.21. The van der Waals surface area contributed by atoms with Crippen LogP contribution in [0.25, 0.3) is 32.4 Å². The largest absolute Gasteiger partial charge is 0.333 e. The molecule has 32 heavy (non-hydrogen) atoms. The Morgan fingerprint density at radius 3 is 2.66 bits per heavy atom. The van der Waals surface area contributed by atoms with E-state index < -0.39 is 0 Å². The highest BCUT2D eigenvalue weighted by Gasteiger charge is 2.20. The Balaban J connectivity index is 1.55. The fourth-order valence-corrected chi connectivity index (χ4v) is 4.85. The summed E-state index contributed by atoms with van der Waals surface area (Å²) in [7, 11) is 0. The van der Waals surface area contributed by atoms with Gasteiger partial charge in [0.25, 0.3) is 11.4 Å². The van der Waals surface area contributed by atoms with Crippen LogP contribution in [-0.2, 0) is 6.54 Å². The van der Waals surface area contributed by atoms with Crippen molar-refractivity contribution in [2.75, 3.05) is 0 Å². The molecule has 0 saturated heterocycles. The van der Waals surface area contributed by atoms with Gasteiger partial charge in [0, 0.05) is 10.6 Å². The summed E-state index contributed by atoms with van der Waals surface area (Å²) in [5, 5.41) is 5.32. The van der Waals surface area contributed by atoms with Crippen molar-refractivity contribution in [1.29, 1.82) is 0 Å². The Morgan fingerprint density at radius 2 is 1.88 bits per heavy atom. The number of fused-ring (bicyclic) bond motifs is 1. The molecule has 0 saturated carbocycles. The van der Waals surface area contributed by atoms with E-state index in [1.165, 1.54) is 11.3 Å². The molecule has 0 N–H and O–H groups in total. The molecule has 5 aromatic rings. The number of benzene rings is 2. The lowest BCUT2D eigenvalue weighted by atomic mass is 10.1. The second-order valence-electron chi connectivity index (χ2n) is 7.77. The summed E-state index contributed by atoms with van der Waals surface area (Å²) in [6.07, 6.45) is 1.61. The van der Waals surface area contributed by atoms with E-state index in [1.54, 1.807) is 23.0 Å². The minimum Gasteiger partial charge on any atom is -0.333 e. The highest BCUT2D eigenvalue weighted by molar-refractivity contribution is 7.22. The SMILES string of the molecule is Cc1ccc(C)c(Cn2cnc3sc(-c4nc(-c5ccc(Cl)cc5)no4)c(C)c3c2=O)c1. The van der Waals surface area contributed by atoms with Crippen LogP contribution in [0.1, 0.15) is 22.3 Å². The summed E-state index contributed by atoms with van der Waals surface area (Å²) in [6, 6.07) is 13.5. The van der Waals surface area contributed by atoms with Crippen molar-refractivity contribution < 1.29 is 4.52 Å². The first-order valence-electron chi connectivity index (χ1n) is 10.1. The molecular weight excluding hydrogens is 444 g/mol. The molecule has 2 aromatic carbocycles. The first kappa shape index (κ1) is 20.6. The summed E-state index contributed by atoms with van der Waals surface area (Å²) >= 11 is 7.34. The quantitative estimate of drug-likeness (QED) is 0.337. The van der Waals surface area contributed by atoms with E-state index in [0.29, 0.717) is 33.5 Å². The van der Waals surface area contributed by atoms with Crippen LogP contribution >= 0.6 is 22.9 Å². The second kappa shape index (κ2) is 8.00. The average Bonchev–Trinajstić information content (AvgIpc) is 3.38. The summed E-state index contributed by atoms with van der Waals surface area (Å²) in [6.45, 7) is 6.46. The van der Waals surface area contributed by atoms with E-state index in [2.05, 4.69) is 33.3 Å². The van der Waals surface area contributed by atoms with Crippen molar-refractivity contribution in [3.05, 3.63) is 86.4 Å². The van der Waals surface area contributed by atoms with E-state index in [-0.39, 0.29) is 5.56 Å². The number of thiophene rings is 1. The molecule has 0 aliphatic rings. The smallest absolute Gasteiger partial charge is 0.268 e. The van der Waals surface area contributed by atoms with Crippen molar-refractivity contribution >= 4 is 33.2 Å². The summed E-state index contributed by atoms with van der Waals surface area (Å²) in [5.74, 6) is 0.838. The van der Waals surface area contributed by atoms with E-state index in [0.717, 1.165) is 32.7 Å². The molecule has 0 atom stereocenters. The zero-order chi connectivity index (χ0) is 22.4. The van der Waals surface area contributed by atoms with E-state index in [4.69, 9.17) is 16.1 Å². The number of aromatic nitrogens is 4. The van der Waals surface area contributed by atoms with Crippen molar-refractivity contribution in [1.82, 2.24) is 19.7 Å². The van der Waals surface area contributed by atoms with Gasteiger partial charge in [-0.3, -0.25) is 9.36 Å². The van der Waals surface area contributed by atoms with Crippen LogP contribution < -0.4 is 5.56 Å². The first-order chi connectivity index (χ1) is 15.4. The van der Waals surface area contributed by atoms with Gasteiger partial charge in [0.2, 0.25) is 5.82 Å². The Morgan fingerprint density at radius 1 is 1.09 bits per heavy atom. The first-order valence-corrected chi connectivity index (χ1v) is 11.2. The minimum atomic E-state index is -0.0756. The molecule has 5 rings (SSSR count). The summed E-state index contributed by atoms with van der Waals surface area (Å²) in [4.78, 5) is 23.8. The third kappa shape index (κ3) is 3.63. The van der Waals surface area contributed by atoms with Crippen LogP contribution in [0.3, 0.4) is 0 Å². The molecule has 0 amide bonds. The fourth-order valence-electron chi connectivity index (χ4n) is 3.66. The van der Waals surface area contributed by atoms with Gasteiger partial charge in [0.1, 0.15) is 4.83 Å². The minimum absolute atomic E-state index is 0.0756.